The summed E-state index contributed by atoms with van der Waals surface area (Å²) >= 11 is 3.41. The Kier molecular flexibility index (Phi) is 4.48. The number of para-hydroxylation sites is 1. The monoisotopic (exact) mass is 363 g/mol. The highest BCUT2D eigenvalue weighted by molar-refractivity contribution is 9.10. The Bertz CT molecular complexity index is 675. The summed E-state index contributed by atoms with van der Waals surface area (Å²) in [4.78, 5) is 12.0. The second-order valence-electron chi connectivity index (χ2n) is 4.63. The number of ether oxygens (including phenoxy) is 3. The molecule has 1 amide bonds. The first kappa shape index (κ1) is 14.7. The molecule has 0 fully saturated rings. The van der Waals surface area contributed by atoms with Crippen LogP contribution in [0.25, 0.3) is 0 Å². The number of carbonyl (C=O) groups is 1. The lowest BCUT2D eigenvalue weighted by Crippen LogP contribution is -2.21. The van der Waals surface area contributed by atoms with Crippen LogP contribution in [0.3, 0.4) is 0 Å². The minimum atomic E-state index is -0.249. The third-order valence-electron chi connectivity index (χ3n) is 3.02. The minimum Gasteiger partial charge on any atom is -0.486 e. The molecular weight excluding hydrogens is 350 g/mol. The quantitative estimate of drug-likeness (QED) is 0.905. The molecule has 0 aromatic heterocycles. The van der Waals surface area contributed by atoms with Crippen molar-refractivity contribution in [3.63, 3.8) is 0 Å². The lowest BCUT2D eigenvalue weighted by molar-refractivity contribution is -0.118. The number of anilines is 1. The molecule has 0 unspecified atom stereocenters. The largest absolute Gasteiger partial charge is 0.486 e. The number of hydrogen-bond acceptors (Lipinski definition) is 4. The number of hydrogen-bond donors (Lipinski definition) is 1. The summed E-state index contributed by atoms with van der Waals surface area (Å²) < 4.78 is 17.1. The topological polar surface area (TPSA) is 56.8 Å². The van der Waals surface area contributed by atoms with Gasteiger partial charge >= 0.3 is 0 Å². The van der Waals surface area contributed by atoms with Crippen LogP contribution in [0.5, 0.6) is 17.2 Å². The van der Waals surface area contributed by atoms with Crippen LogP contribution in [0.4, 0.5) is 5.69 Å². The molecule has 0 aliphatic carbocycles. The van der Waals surface area contributed by atoms with Crippen molar-refractivity contribution in [2.24, 2.45) is 0 Å². The third-order valence-corrected chi connectivity index (χ3v) is 3.68. The molecule has 2 aromatic carbocycles. The summed E-state index contributed by atoms with van der Waals surface area (Å²) in [6.07, 6.45) is 0. The van der Waals surface area contributed by atoms with Crippen molar-refractivity contribution in [2.45, 2.75) is 0 Å². The van der Waals surface area contributed by atoms with Crippen molar-refractivity contribution >= 4 is 27.5 Å². The van der Waals surface area contributed by atoms with E-state index in [-0.39, 0.29) is 12.5 Å². The van der Waals surface area contributed by atoms with Crippen LogP contribution in [0, 0.1) is 0 Å². The van der Waals surface area contributed by atoms with Gasteiger partial charge in [-0.05, 0) is 28.1 Å². The second kappa shape index (κ2) is 6.70. The van der Waals surface area contributed by atoms with Crippen molar-refractivity contribution in [3.05, 3.63) is 46.9 Å². The summed E-state index contributed by atoms with van der Waals surface area (Å²) in [6, 6.07) is 12.7. The van der Waals surface area contributed by atoms with Crippen molar-refractivity contribution in [1.29, 1.82) is 0 Å². The number of halogens is 1. The maximum Gasteiger partial charge on any atom is 0.262 e. The van der Waals surface area contributed by atoms with E-state index in [1.54, 1.807) is 24.3 Å². The van der Waals surface area contributed by atoms with E-state index >= 15 is 0 Å². The van der Waals surface area contributed by atoms with Crippen LogP contribution < -0.4 is 19.5 Å². The molecule has 5 nitrogen and oxygen atoms in total. The van der Waals surface area contributed by atoms with Gasteiger partial charge in [-0.2, -0.15) is 0 Å². The molecule has 0 atom stereocenters. The zero-order valence-corrected chi connectivity index (χ0v) is 13.3. The molecule has 0 saturated carbocycles. The van der Waals surface area contributed by atoms with Gasteiger partial charge in [-0.1, -0.05) is 18.2 Å². The first-order chi connectivity index (χ1) is 10.7. The van der Waals surface area contributed by atoms with E-state index in [9.17, 15) is 4.79 Å². The van der Waals surface area contributed by atoms with E-state index in [0.29, 0.717) is 36.1 Å². The summed E-state index contributed by atoms with van der Waals surface area (Å²) in [7, 11) is 0. The number of nitrogens with one attached hydrogen (secondary N) is 1. The molecule has 0 radical (unpaired) electrons. The smallest absolute Gasteiger partial charge is 0.262 e. The molecule has 2 aromatic rings. The van der Waals surface area contributed by atoms with Crippen molar-refractivity contribution in [1.82, 2.24) is 0 Å². The highest BCUT2D eigenvalue weighted by atomic mass is 79.9. The van der Waals surface area contributed by atoms with Crippen LogP contribution in [0.2, 0.25) is 0 Å². The Morgan fingerprint density at radius 3 is 2.55 bits per heavy atom. The van der Waals surface area contributed by atoms with E-state index in [1.165, 1.54) is 0 Å². The maximum atomic E-state index is 12.0. The summed E-state index contributed by atoms with van der Waals surface area (Å²) in [5, 5.41) is 2.78. The van der Waals surface area contributed by atoms with E-state index in [2.05, 4.69) is 21.2 Å². The van der Waals surface area contributed by atoms with Gasteiger partial charge < -0.3 is 19.5 Å². The molecule has 3 rings (SSSR count). The van der Waals surface area contributed by atoms with Gasteiger partial charge in [-0.3, -0.25) is 4.79 Å². The lowest BCUT2D eigenvalue weighted by Gasteiger charge is -2.20. The molecule has 22 heavy (non-hydrogen) atoms. The Morgan fingerprint density at radius 2 is 1.82 bits per heavy atom. The van der Waals surface area contributed by atoms with Gasteiger partial charge in [0.15, 0.2) is 18.1 Å². The lowest BCUT2D eigenvalue weighted by atomic mass is 10.2. The molecule has 1 aliphatic heterocycles. The normalized spacial score (nSPS) is 12.6. The predicted octanol–water partition coefficient (Wildman–Crippen LogP) is 3.24. The van der Waals surface area contributed by atoms with Crippen LogP contribution in [-0.4, -0.2) is 25.7 Å². The van der Waals surface area contributed by atoms with E-state index in [4.69, 9.17) is 14.2 Å². The van der Waals surface area contributed by atoms with Crippen LogP contribution in [0.1, 0.15) is 0 Å². The highest BCUT2D eigenvalue weighted by Crippen LogP contribution is 2.38. The summed E-state index contributed by atoms with van der Waals surface area (Å²) in [6.45, 7) is 0.958. The first-order valence-corrected chi connectivity index (χ1v) is 7.58. The average Bonchev–Trinajstić information content (AvgIpc) is 2.55. The zero-order chi connectivity index (χ0) is 15.4. The van der Waals surface area contributed by atoms with Crippen LogP contribution >= 0.6 is 15.9 Å². The summed E-state index contributed by atoms with van der Waals surface area (Å²) in [5.41, 5.74) is 0.617. The third kappa shape index (κ3) is 3.51. The Labute approximate surface area is 136 Å². The number of rotatable bonds is 4. The van der Waals surface area contributed by atoms with Crippen molar-refractivity contribution in [3.8, 4) is 17.2 Å². The van der Waals surface area contributed by atoms with Gasteiger partial charge in [-0.15, -0.1) is 0 Å². The molecule has 114 valence electrons. The van der Waals surface area contributed by atoms with E-state index < -0.39 is 0 Å². The predicted molar refractivity (Wildman–Crippen MR) is 85.7 cm³/mol. The standard InChI is InChI=1S/C16H14BrNO4/c17-12-8-14-15(21-7-6-20-14)9-13(12)18-16(19)10-22-11-4-2-1-3-5-11/h1-5,8-9H,6-7,10H2,(H,18,19). The number of fused-ring (bicyclic) bond motifs is 1. The highest BCUT2D eigenvalue weighted by Gasteiger charge is 2.16. The van der Waals surface area contributed by atoms with Crippen molar-refractivity contribution < 1.29 is 19.0 Å². The van der Waals surface area contributed by atoms with Gasteiger partial charge in [-0.25, -0.2) is 0 Å². The molecule has 6 heteroatoms. The Balaban J connectivity index is 1.64. The Morgan fingerprint density at radius 1 is 1.14 bits per heavy atom. The molecule has 0 saturated heterocycles. The first-order valence-electron chi connectivity index (χ1n) is 6.79. The number of carbonyl (C=O) groups excluding carboxylic acids is 1. The maximum absolute atomic E-state index is 12.0. The van der Waals surface area contributed by atoms with Crippen LogP contribution in [0.15, 0.2) is 46.9 Å². The Hall–Kier alpha value is -2.21. The number of benzene rings is 2. The molecular formula is C16H14BrNO4. The second-order valence-corrected chi connectivity index (χ2v) is 5.48. The van der Waals surface area contributed by atoms with Gasteiger partial charge in [0.05, 0.1) is 5.69 Å². The SMILES string of the molecule is O=C(COc1ccccc1)Nc1cc2c(cc1Br)OCCO2. The molecule has 1 N–H and O–H groups in total. The van der Waals surface area contributed by atoms with Gasteiger partial charge in [0, 0.05) is 16.6 Å². The fraction of sp³-hybridized carbons (Fsp3) is 0.188. The van der Waals surface area contributed by atoms with E-state index in [0.717, 1.165) is 4.47 Å². The molecule has 0 bridgehead atoms. The molecule has 0 spiro atoms. The van der Waals surface area contributed by atoms with E-state index in [1.807, 2.05) is 18.2 Å². The molecule has 1 aliphatic rings. The summed E-state index contributed by atoms with van der Waals surface area (Å²) in [5.74, 6) is 1.69. The van der Waals surface area contributed by atoms with Gasteiger partial charge in [0.1, 0.15) is 19.0 Å². The average molecular weight is 364 g/mol. The number of amides is 1. The van der Waals surface area contributed by atoms with Crippen molar-refractivity contribution in [2.75, 3.05) is 25.1 Å². The van der Waals surface area contributed by atoms with Gasteiger partial charge in [0.25, 0.3) is 5.91 Å². The minimum absolute atomic E-state index is 0.0646. The fourth-order valence-electron chi connectivity index (χ4n) is 2.01. The fourth-order valence-corrected chi connectivity index (χ4v) is 2.43. The zero-order valence-electron chi connectivity index (χ0n) is 11.7. The molecule has 1 heterocycles. The van der Waals surface area contributed by atoms with Gasteiger partial charge in [0.2, 0.25) is 0 Å². The van der Waals surface area contributed by atoms with Crippen LogP contribution in [-0.2, 0) is 4.79 Å².